The fourth-order valence-corrected chi connectivity index (χ4v) is 2.10. The van der Waals surface area contributed by atoms with Crippen LogP contribution in [0.5, 0.6) is 0 Å². The van der Waals surface area contributed by atoms with Gasteiger partial charge in [0.2, 0.25) is 0 Å². The summed E-state index contributed by atoms with van der Waals surface area (Å²) in [5.41, 5.74) is 1.67. The molecule has 0 bridgehead atoms. The monoisotopic (exact) mass is 303 g/mol. The molecule has 0 spiro atoms. The van der Waals surface area contributed by atoms with Crippen molar-refractivity contribution in [2.75, 3.05) is 0 Å². The number of hydrogen-bond donors (Lipinski definition) is 0. The molecule has 4 heteroatoms. The molecule has 0 saturated carbocycles. The van der Waals surface area contributed by atoms with Gasteiger partial charge in [0.15, 0.2) is 0 Å². The van der Waals surface area contributed by atoms with Crippen molar-refractivity contribution in [3.63, 3.8) is 0 Å². The lowest BCUT2D eigenvalue weighted by Gasteiger charge is -2.01. The Bertz CT molecular complexity index is 594. The van der Waals surface area contributed by atoms with Gasteiger partial charge >= 0.3 is 0 Å². The van der Waals surface area contributed by atoms with Crippen LogP contribution in [0, 0.1) is 10.1 Å². The molecule has 3 nitrogen and oxygen atoms in total. The van der Waals surface area contributed by atoms with E-state index in [4.69, 9.17) is 0 Å². The third kappa shape index (κ3) is 2.84. The summed E-state index contributed by atoms with van der Waals surface area (Å²) in [6, 6.07) is 16.3. The van der Waals surface area contributed by atoms with E-state index in [9.17, 15) is 10.1 Å². The van der Waals surface area contributed by atoms with E-state index in [0.29, 0.717) is 5.56 Å². The van der Waals surface area contributed by atoms with Gasteiger partial charge < -0.3 is 0 Å². The third-order valence-electron chi connectivity index (χ3n) is 2.47. The molecule has 0 amide bonds. The first-order valence-corrected chi connectivity index (χ1v) is 6.14. The molecule has 0 fully saturated rings. The van der Waals surface area contributed by atoms with Gasteiger partial charge in [-0.1, -0.05) is 58.4 Å². The molecule has 0 aliphatic heterocycles. The van der Waals surface area contributed by atoms with Gasteiger partial charge in [-0.05, 0) is 17.7 Å². The predicted octanol–water partition coefficient (Wildman–Crippen LogP) is 4.49. The Morgan fingerprint density at radius 1 is 1.06 bits per heavy atom. The Hall–Kier alpha value is -1.94. The van der Waals surface area contributed by atoms with Crippen LogP contribution in [0.2, 0.25) is 0 Å². The van der Waals surface area contributed by atoms with Gasteiger partial charge in [-0.2, -0.15) is 0 Å². The highest BCUT2D eigenvalue weighted by Crippen LogP contribution is 2.27. The van der Waals surface area contributed by atoms with Crippen molar-refractivity contribution in [2.24, 2.45) is 0 Å². The highest BCUT2D eigenvalue weighted by atomic mass is 79.9. The van der Waals surface area contributed by atoms with Crippen LogP contribution in [0.4, 0.5) is 5.69 Å². The van der Waals surface area contributed by atoms with Crippen LogP contribution in [0.15, 0.2) is 54.6 Å². The standard InChI is InChI=1S/C14H10BrNO2/c15-13(11-6-2-1-3-7-11)10-12-8-4-5-9-14(12)16(17)18/h1-10H/b13-10-. The van der Waals surface area contributed by atoms with Gasteiger partial charge in [-0.3, -0.25) is 10.1 Å². The average molecular weight is 304 g/mol. The zero-order valence-corrected chi connectivity index (χ0v) is 11.0. The maximum atomic E-state index is 10.9. The molecular weight excluding hydrogens is 294 g/mol. The van der Waals surface area contributed by atoms with Crippen molar-refractivity contribution >= 4 is 32.2 Å². The molecule has 0 aliphatic rings. The molecule has 0 aromatic heterocycles. The normalized spacial score (nSPS) is 11.3. The van der Waals surface area contributed by atoms with E-state index in [1.807, 2.05) is 30.3 Å². The van der Waals surface area contributed by atoms with Gasteiger partial charge in [0.1, 0.15) is 0 Å². The Morgan fingerprint density at radius 3 is 2.33 bits per heavy atom. The summed E-state index contributed by atoms with van der Waals surface area (Å²) < 4.78 is 0.817. The maximum Gasteiger partial charge on any atom is 0.276 e. The minimum absolute atomic E-state index is 0.102. The molecule has 90 valence electrons. The Kier molecular flexibility index (Phi) is 3.89. The molecule has 18 heavy (non-hydrogen) atoms. The number of rotatable bonds is 3. The summed E-state index contributed by atoms with van der Waals surface area (Å²) in [5.74, 6) is 0. The number of nitro benzene ring substituents is 1. The van der Waals surface area contributed by atoms with Crippen molar-refractivity contribution in [3.05, 3.63) is 75.8 Å². The van der Waals surface area contributed by atoms with Crippen molar-refractivity contribution in [3.8, 4) is 0 Å². The van der Waals surface area contributed by atoms with Gasteiger partial charge in [0.25, 0.3) is 5.69 Å². The van der Waals surface area contributed by atoms with Crippen LogP contribution in [0.1, 0.15) is 11.1 Å². The van der Waals surface area contributed by atoms with Gasteiger partial charge in [0.05, 0.1) is 10.5 Å². The largest absolute Gasteiger partial charge is 0.276 e. The van der Waals surface area contributed by atoms with E-state index in [1.54, 1.807) is 24.3 Å². The number of hydrogen-bond acceptors (Lipinski definition) is 2. The average Bonchev–Trinajstić information content (AvgIpc) is 2.40. The van der Waals surface area contributed by atoms with Crippen LogP contribution < -0.4 is 0 Å². The minimum atomic E-state index is -0.378. The molecule has 0 atom stereocenters. The second-order valence-corrected chi connectivity index (χ2v) is 4.53. The van der Waals surface area contributed by atoms with Crippen molar-refractivity contribution in [1.82, 2.24) is 0 Å². The Morgan fingerprint density at radius 2 is 1.67 bits per heavy atom. The van der Waals surface area contributed by atoms with E-state index in [2.05, 4.69) is 15.9 Å². The summed E-state index contributed by atoms with van der Waals surface area (Å²) in [5, 5.41) is 10.9. The molecule has 0 saturated heterocycles. The lowest BCUT2D eigenvalue weighted by Crippen LogP contribution is -1.90. The summed E-state index contributed by atoms with van der Waals surface area (Å²) in [6.45, 7) is 0. The first kappa shape index (κ1) is 12.5. The molecule has 0 radical (unpaired) electrons. The first-order chi connectivity index (χ1) is 8.68. The van der Waals surface area contributed by atoms with Crippen molar-refractivity contribution in [2.45, 2.75) is 0 Å². The molecule has 0 aliphatic carbocycles. The molecule has 0 N–H and O–H groups in total. The van der Waals surface area contributed by atoms with E-state index < -0.39 is 0 Å². The minimum Gasteiger partial charge on any atom is -0.258 e. The highest BCUT2D eigenvalue weighted by molar-refractivity contribution is 9.15. The van der Waals surface area contributed by atoms with Crippen LogP contribution in [-0.2, 0) is 0 Å². The predicted molar refractivity (Wildman–Crippen MR) is 76.3 cm³/mol. The van der Waals surface area contributed by atoms with Crippen LogP contribution >= 0.6 is 15.9 Å². The van der Waals surface area contributed by atoms with Crippen molar-refractivity contribution < 1.29 is 4.92 Å². The number of halogens is 1. The quantitative estimate of drug-likeness (QED) is 0.476. The number of nitrogens with zero attached hydrogens (tertiary/aromatic N) is 1. The summed E-state index contributed by atoms with van der Waals surface area (Å²) >= 11 is 3.44. The number of para-hydroxylation sites is 1. The lowest BCUT2D eigenvalue weighted by molar-refractivity contribution is -0.385. The molecule has 2 aromatic carbocycles. The smallest absolute Gasteiger partial charge is 0.258 e. The molecule has 2 aromatic rings. The van der Waals surface area contributed by atoms with Crippen LogP contribution in [0.25, 0.3) is 10.6 Å². The van der Waals surface area contributed by atoms with Crippen molar-refractivity contribution in [1.29, 1.82) is 0 Å². The second kappa shape index (κ2) is 5.60. The summed E-state index contributed by atoms with van der Waals surface area (Å²) in [6.07, 6.45) is 1.76. The highest BCUT2D eigenvalue weighted by Gasteiger charge is 2.10. The van der Waals surface area contributed by atoms with Gasteiger partial charge in [-0.25, -0.2) is 0 Å². The van der Waals surface area contributed by atoms with E-state index in [1.165, 1.54) is 6.07 Å². The fourth-order valence-electron chi connectivity index (χ4n) is 1.59. The zero-order chi connectivity index (χ0) is 13.0. The zero-order valence-electron chi connectivity index (χ0n) is 9.42. The van der Waals surface area contributed by atoms with Crippen LogP contribution in [0.3, 0.4) is 0 Å². The summed E-state index contributed by atoms with van der Waals surface area (Å²) in [7, 11) is 0. The molecule has 0 heterocycles. The lowest BCUT2D eigenvalue weighted by atomic mass is 10.1. The molecular formula is C14H10BrNO2. The number of benzene rings is 2. The van der Waals surface area contributed by atoms with Crippen LogP contribution in [-0.4, -0.2) is 4.92 Å². The Balaban J connectivity index is 2.42. The van der Waals surface area contributed by atoms with E-state index in [-0.39, 0.29) is 10.6 Å². The fraction of sp³-hybridized carbons (Fsp3) is 0. The van der Waals surface area contributed by atoms with E-state index >= 15 is 0 Å². The third-order valence-corrected chi connectivity index (χ3v) is 3.15. The maximum absolute atomic E-state index is 10.9. The molecule has 0 unspecified atom stereocenters. The molecule has 2 rings (SSSR count). The SMILES string of the molecule is O=[N+]([O-])c1ccccc1/C=C(\Br)c1ccccc1. The second-order valence-electron chi connectivity index (χ2n) is 3.67. The van der Waals surface area contributed by atoms with Gasteiger partial charge in [0, 0.05) is 10.5 Å². The number of nitro groups is 1. The summed E-state index contributed by atoms with van der Waals surface area (Å²) in [4.78, 5) is 10.5. The Labute approximate surface area is 113 Å². The van der Waals surface area contributed by atoms with E-state index in [0.717, 1.165) is 10.0 Å². The van der Waals surface area contributed by atoms with Gasteiger partial charge in [-0.15, -0.1) is 0 Å². The topological polar surface area (TPSA) is 43.1 Å². The first-order valence-electron chi connectivity index (χ1n) is 5.34.